The molecule has 1 aliphatic rings. The summed E-state index contributed by atoms with van der Waals surface area (Å²) in [5.41, 5.74) is 5.07. The van der Waals surface area contributed by atoms with E-state index >= 15 is 0 Å². The number of nitrogens with zero attached hydrogens (tertiary/aromatic N) is 1. The van der Waals surface area contributed by atoms with Gasteiger partial charge in [0.1, 0.15) is 0 Å². The lowest BCUT2D eigenvalue weighted by atomic mass is 9.95. The van der Waals surface area contributed by atoms with Crippen molar-refractivity contribution in [3.63, 3.8) is 0 Å². The lowest BCUT2D eigenvalue weighted by Gasteiger charge is -2.31. The fourth-order valence-electron chi connectivity index (χ4n) is 2.10. The molecule has 1 aliphatic carbocycles. The van der Waals surface area contributed by atoms with Crippen LogP contribution in [0, 0.1) is 0 Å². The smallest absolute Gasteiger partial charge is 0.351 e. The van der Waals surface area contributed by atoms with Crippen LogP contribution in [0.25, 0.3) is 0 Å². The van der Waals surface area contributed by atoms with Gasteiger partial charge in [0.15, 0.2) is 0 Å². The molecule has 0 bridgehead atoms. The summed E-state index contributed by atoms with van der Waals surface area (Å²) in [4.78, 5) is 15.8. The topological polar surface area (TPSA) is 55.6 Å². The van der Waals surface area contributed by atoms with Crippen molar-refractivity contribution < 1.29 is 9.63 Å². The third-order valence-corrected chi connectivity index (χ3v) is 2.92. The molecule has 2 N–H and O–H groups in total. The van der Waals surface area contributed by atoms with E-state index < -0.39 is 6.09 Å². The maximum Gasteiger partial charge on any atom is 0.423 e. The molecule has 0 heterocycles. The van der Waals surface area contributed by atoms with Crippen LogP contribution in [0.15, 0.2) is 0 Å². The van der Waals surface area contributed by atoms with Crippen LogP contribution in [0.3, 0.4) is 0 Å². The van der Waals surface area contributed by atoms with E-state index in [0.29, 0.717) is 6.04 Å². The number of hydrogen-bond acceptors (Lipinski definition) is 3. The Morgan fingerprint density at radius 1 is 1.40 bits per heavy atom. The van der Waals surface area contributed by atoms with E-state index in [4.69, 9.17) is 10.6 Å². The molecule has 15 heavy (non-hydrogen) atoms. The van der Waals surface area contributed by atoms with Crippen molar-refractivity contribution in [1.82, 2.24) is 5.06 Å². The number of carbonyl (C=O) groups is 1. The average Bonchev–Trinajstić information content (AvgIpc) is 2.25. The van der Waals surface area contributed by atoms with Crippen LogP contribution in [-0.4, -0.2) is 23.7 Å². The van der Waals surface area contributed by atoms with E-state index in [1.807, 2.05) is 0 Å². The summed E-state index contributed by atoms with van der Waals surface area (Å²) in [6.07, 6.45) is 7.47. The summed E-state index contributed by atoms with van der Waals surface area (Å²) in [7, 11) is 0. The standard InChI is InChI=1S/C11H22N2O2/c1-2-3-9-13(15-11(12)14)10-7-5-4-6-8-10/h10H,2-9H2,1H3,(H2,12,14). The third-order valence-electron chi connectivity index (χ3n) is 2.92. The van der Waals surface area contributed by atoms with Crippen molar-refractivity contribution in [3.8, 4) is 0 Å². The second kappa shape index (κ2) is 6.67. The molecule has 0 aliphatic heterocycles. The van der Waals surface area contributed by atoms with Gasteiger partial charge in [-0.1, -0.05) is 32.6 Å². The van der Waals surface area contributed by atoms with Gasteiger partial charge in [-0.25, -0.2) is 4.79 Å². The van der Waals surface area contributed by atoms with Crippen LogP contribution in [0.4, 0.5) is 4.79 Å². The van der Waals surface area contributed by atoms with Crippen LogP contribution in [0.5, 0.6) is 0 Å². The molecule has 88 valence electrons. The summed E-state index contributed by atoms with van der Waals surface area (Å²) in [5, 5.41) is 1.80. The molecule has 1 saturated carbocycles. The van der Waals surface area contributed by atoms with E-state index in [0.717, 1.165) is 32.2 Å². The van der Waals surface area contributed by atoms with Crippen molar-refractivity contribution in [2.45, 2.75) is 57.9 Å². The largest absolute Gasteiger partial charge is 0.423 e. The predicted octanol–water partition coefficient (Wildman–Crippen LogP) is 2.43. The summed E-state index contributed by atoms with van der Waals surface area (Å²) >= 11 is 0. The molecule has 0 radical (unpaired) electrons. The first-order valence-electron chi connectivity index (χ1n) is 5.98. The Hall–Kier alpha value is -0.770. The Morgan fingerprint density at radius 3 is 2.60 bits per heavy atom. The van der Waals surface area contributed by atoms with E-state index in [-0.39, 0.29) is 0 Å². The van der Waals surface area contributed by atoms with Gasteiger partial charge in [0.05, 0.1) is 0 Å². The van der Waals surface area contributed by atoms with Gasteiger partial charge < -0.3 is 10.6 Å². The Kier molecular flexibility index (Phi) is 5.47. The second-order valence-corrected chi connectivity index (χ2v) is 4.20. The highest BCUT2D eigenvalue weighted by Gasteiger charge is 2.23. The molecule has 4 heteroatoms. The minimum atomic E-state index is -0.684. The van der Waals surface area contributed by atoms with Gasteiger partial charge in [-0.2, -0.15) is 0 Å². The molecule has 0 aromatic heterocycles. The van der Waals surface area contributed by atoms with Crippen molar-refractivity contribution in [2.24, 2.45) is 5.73 Å². The first-order chi connectivity index (χ1) is 7.24. The summed E-state index contributed by atoms with van der Waals surface area (Å²) in [5.74, 6) is 0. The van der Waals surface area contributed by atoms with Crippen LogP contribution in [0.2, 0.25) is 0 Å². The first-order valence-corrected chi connectivity index (χ1v) is 5.98. The van der Waals surface area contributed by atoms with E-state index in [1.54, 1.807) is 5.06 Å². The number of hydroxylamine groups is 2. The Labute approximate surface area is 91.7 Å². The molecule has 0 unspecified atom stereocenters. The number of rotatable bonds is 5. The monoisotopic (exact) mass is 214 g/mol. The molecule has 0 saturated heterocycles. The number of nitrogens with two attached hydrogens (primary N) is 1. The summed E-state index contributed by atoms with van der Waals surface area (Å²) < 4.78 is 0. The number of primary amides is 1. The summed E-state index contributed by atoms with van der Waals surface area (Å²) in [6.45, 7) is 2.94. The zero-order chi connectivity index (χ0) is 11.1. The average molecular weight is 214 g/mol. The normalized spacial score (nSPS) is 18.0. The lowest BCUT2D eigenvalue weighted by molar-refractivity contribution is -0.136. The Morgan fingerprint density at radius 2 is 2.07 bits per heavy atom. The van der Waals surface area contributed by atoms with Crippen LogP contribution in [-0.2, 0) is 4.84 Å². The fourth-order valence-corrected chi connectivity index (χ4v) is 2.10. The molecule has 1 fully saturated rings. The number of carbonyl (C=O) groups excluding carboxylic acids is 1. The number of amides is 1. The Balaban J connectivity index is 2.41. The Bertz CT molecular complexity index is 191. The maximum absolute atomic E-state index is 10.8. The van der Waals surface area contributed by atoms with Gasteiger partial charge in [0, 0.05) is 12.6 Å². The highest BCUT2D eigenvalue weighted by Crippen LogP contribution is 2.23. The van der Waals surface area contributed by atoms with Crippen molar-refractivity contribution in [2.75, 3.05) is 6.54 Å². The number of unbranched alkanes of at least 4 members (excludes halogenated alkanes) is 1. The zero-order valence-corrected chi connectivity index (χ0v) is 9.58. The molecule has 1 rings (SSSR count). The van der Waals surface area contributed by atoms with Crippen molar-refractivity contribution in [3.05, 3.63) is 0 Å². The lowest BCUT2D eigenvalue weighted by Crippen LogP contribution is -2.40. The third kappa shape index (κ3) is 4.51. The van der Waals surface area contributed by atoms with E-state index in [2.05, 4.69) is 6.92 Å². The van der Waals surface area contributed by atoms with Crippen molar-refractivity contribution in [1.29, 1.82) is 0 Å². The minimum Gasteiger partial charge on any atom is -0.351 e. The van der Waals surface area contributed by atoms with E-state index in [1.165, 1.54) is 19.3 Å². The van der Waals surface area contributed by atoms with E-state index in [9.17, 15) is 4.79 Å². The highest BCUT2D eigenvalue weighted by molar-refractivity contribution is 5.64. The minimum absolute atomic E-state index is 0.387. The number of hydrogen-bond donors (Lipinski definition) is 1. The summed E-state index contributed by atoms with van der Waals surface area (Å²) in [6, 6.07) is 0.387. The molecule has 0 spiro atoms. The fraction of sp³-hybridized carbons (Fsp3) is 0.909. The highest BCUT2D eigenvalue weighted by atomic mass is 16.7. The molecule has 0 aromatic rings. The van der Waals surface area contributed by atoms with Crippen molar-refractivity contribution >= 4 is 6.09 Å². The quantitative estimate of drug-likeness (QED) is 0.715. The molecule has 0 atom stereocenters. The van der Waals surface area contributed by atoms with Gasteiger partial charge in [-0.05, 0) is 19.3 Å². The second-order valence-electron chi connectivity index (χ2n) is 4.20. The maximum atomic E-state index is 10.8. The SMILES string of the molecule is CCCCN(OC(N)=O)C1CCCCC1. The zero-order valence-electron chi connectivity index (χ0n) is 9.58. The van der Waals surface area contributed by atoms with Gasteiger partial charge in [-0.3, -0.25) is 0 Å². The van der Waals surface area contributed by atoms with Gasteiger partial charge in [-0.15, -0.1) is 5.06 Å². The van der Waals surface area contributed by atoms with Gasteiger partial charge >= 0.3 is 6.09 Å². The van der Waals surface area contributed by atoms with Gasteiger partial charge in [0.25, 0.3) is 0 Å². The van der Waals surface area contributed by atoms with Crippen LogP contribution >= 0.6 is 0 Å². The molecular formula is C11H22N2O2. The first kappa shape index (κ1) is 12.3. The molecule has 4 nitrogen and oxygen atoms in total. The molecule has 1 amide bonds. The van der Waals surface area contributed by atoms with Gasteiger partial charge in [0.2, 0.25) is 0 Å². The molecular weight excluding hydrogens is 192 g/mol. The molecule has 0 aromatic carbocycles. The van der Waals surface area contributed by atoms with Crippen LogP contribution in [0.1, 0.15) is 51.9 Å². The predicted molar refractivity (Wildman–Crippen MR) is 59.2 cm³/mol. The van der Waals surface area contributed by atoms with Crippen LogP contribution < -0.4 is 5.73 Å².